The fourth-order valence-electron chi connectivity index (χ4n) is 5.37. The zero-order valence-electron chi connectivity index (χ0n) is 16.6. The first-order valence-corrected chi connectivity index (χ1v) is 10.9. The Hall–Kier alpha value is -2.18. The zero-order chi connectivity index (χ0) is 19.6. The average Bonchev–Trinajstić information content (AvgIpc) is 3.12. The molecule has 0 amide bonds. The van der Waals surface area contributed by atoms with E-state index in [2.05, 4.69) is 21.6 Å². The molecule has 0 unspecified atom stereocenters. The van der Waals surface area contributed by atoms with E-state index in [1.54, 1.807) is 0 Å². The van der Waals surface area contributed by atoms with Crippen LogP contribution in [0.1, 0.15) is 60.8 Å². The van der Waals surface area contributed by atoms with Crippen molar-refractivity contribution in [1.82, 2.24) is 10.2 Å². The summed E-state index contributed by atoms with van der Waals surface area (Å²) in [5.74, 6) is 1.10. The number of aromatic nitrogens is 2. The molecule has 29 heavy (non-hydrogen) atoms. The number of aliphatic hydroxyl groups is 1. The first kappa shape index (κ1) is 17.7. The normalized spacial score (nSPS) is 26.4. The highest BCUT2D eigenvalue weighted by atomic mass is 16.5. The number of ether oxygens (including phenoxy) is 1. The topological polar surface area (TPSA) is 87.5 Å². The SMILES string of the molecule is Oc1c(-c2nnc(N[C@@H]3CCC[C@@H]3O)c3c2CC2(CC2)OC3)ccc2c1CCC2. The molecule has 2 saturated carbocycles. The predicted octanol–water partition coefficient (Wildman–Crippen LogP) is 3.27. The van der Waals surface area contributed by atoms with Gasteiger partial charge in [0.15, 0.2) is 5.82 Å². The lowest BCUT2D eigenvalue weighted by Crippen LogP contribution is -2.31. The van der Waals surface area contributed by atoms with Crippen LogP contribution in [0.4, 0.5) is 5.82 Å². The van der Waals surface area contributed by atoms with E-state index in [-0.39, 0.29) is 17.7 Å². The third-order valence-corrected chi connectivity index (χ3v) is 7.32. The highest BCUT2D eigenvalue weighted by Gasteiger charge is 2.48. The summed E-state index contributed by atoms with van der Waals surface area (Å²) in [7, 11) is 0. The van der Waals surface area contributed by atoms with Crippen molar-refractivity contribution < 1.29 is 14.9 Å². The molecular weight excluding hydrogens is 366 g/mol. The number of phenolic OH excluding ortho intramolecular Hbond substituents is 1. The van der Waals surface area contributed by atoms with Crippen LogP contribution in [0.25, 0.3) is 11.3 Å². The second-order valence-corrected chi connectivity index (χ2v) is 9.20. The smallest absolute Gasteiger partial charge is 0.154 e. The van der Waals surface area contributed by atoms with Crippen molar-refractivity contribution in [2.45, 2.75) is 82.1 Å². The van der Waals surface area contributed by atoms with Crippen LogP contribution in [0.2, 0.25) is 0 Å². The van der Waals surface area contributed by atoms with E-state index in [9.17, 15) is 10.2 Å². The van der Waals surface area contributed by atoms with Crippen molar-refractivity contribution in [1.29, 1.82) is 0 Å². The first-order valence-electron chi connectivity index (χ1n) is 10.9. The summed E-state index contributed by atoms with van der Waals surface area (Å²) < 4.78 is 6.20. The predicted molar refractivity (Wildman–Crippen MR) is 109 cm³/mol. The molecule has 1 aromatic heterocycles. The van der Waals surface area contributed by atoms with Crippen LogP contribution in [0.3, 0.4) is 0 Å². The third-order valence-electron chi connectivity index (χ3n) is 7.32. The van der Waals surface area contributed by atoms with Crippen molar-refractivity contribution in [2.75, 3.05) is 5.32 Å². The van der Waals surface area contributed by atoms with E-state index in [0.29, 0.717) is 12.4 Å². The highest BCUT2D eigenvalue weighted by molar-refractivity contribution is 5.75. The average molecular weight is 393 g/mol. The highest BCUT2D eigenvalue weighted by Crippen LogP contribution is 2.50. The quantitative estimate of drug-likeness (QED) is 0.742. The van der Waals surface area contributed by atoms with Gasteiger partial charge in [-0.05, 0) is 74.1 Å². The molecule has 1 aromatic carbocycles. The monoisotopic (exact) mass is 393 g/mol. The van der Waals surface area contributed by atoms with Gasteiger partial charge >= 0.3 is 0 Å². The molecule has 2 heterocycles. The van der Waals surface area contributed by atoms with Crippen molar-refractivity contribution in [3.05, 3.63) is 34.4 Å². The molecular formula is C23H27N3O3. The molecule has 1 aliphatic heterocycles. The number of fused-ring (bicyclic) bond motifs is 2. The number of nitrogens with one attached hydrogen (secondary N) is 1. The van der Waals surface area contributed by atoms with Crippen molar-refractivity contribution in [3.63, 3.8) is 0 Å². The maximum absolute atomic E-state index is 11.0. The van der Waals surface area contributed by atoms with Crippen LogP contribution in [-0.4, -0.2) is 38.2 Å². The molecule has 2 aromatic rings. The van der Waals surface area contributed by atoms with Gasteiger partial charge in [-0.3, -0.25) is 0 Å². The number of aromatic hydroxyl groups is 1. The fraction of sp³-hybridized carbons (Fsp3) is 0.565. The zero-order valence-corrected chi connectivity index (χ0v) is 16.6. The minimum absolute atomic E-state index is 0.0180. The lowest BCUT2D eigenvalue weighted by Gasteiger charge is -2.29. The van der Waals surface area contributed by atoms with E-state index >= 15 is 0 Å². The molecule has 0 saturated heterocycles. The summed E-state index contributed by atoms with van der Waals surface area (Å²) in [6.45, 7) is 0.509. The lowest BCUT2D eigenvalue weighted by molar-refractivity contribution is 0.00828. The van der Waals surface area contributed by atoms with Gasteiger partial charge in [0.1, 0.15) is 11.4 Å². The molecule has 3 N–H and O–H groups in total. The van der Waals surface area contributed by atoms with Crippen molar-refractivity contribution in [3.8, 4) is 17.0 Å². The number of nitrogens with zero attached hydrogens (tertiary/aromatic N) is 2. The van der Waals surface area contributed by atoms with Crippen molar-refractivity contribution in [2.24, 2.45) is 0 Å². The Morgan fingerprint density at radius 1 is 1.03 bits per heavy atom. The number of anilines is 1. The Kier molecular flexibility index (Phi) is 3.90. The first-order chi connectivity index (χ1) is 14.1. The molecule has 2 atom stereocenters. The largest absolute Gasteiger partial charge is 0.507 e. The van der Waals surface area contributed by atoms with Crippen LogP contribution in [0.15, 0.2) is 12.1 Å². The minimum Gasteiger partial charge on any atom is -0.507 e. The van der Waals surface area contributed by atoms with Gasteiger partial charge in [-0.25, -0.2) is 0 Å². The van der Waals surface area contributed by atoms with Gasteiger partial charge in [-0.1, -0.05) is 6.07 Å². The van der Waals surface area contributed by atoms with Gasteiger partial charge in [0.2, 0.25) is 0 Å². The number of hydrogen-bond donors (Lipinski definition) is 3. The van der Waals surface area contributed by atoms with E-state index in [1.807, 2.05) is 6.07 Å². The van der Waals surface area contributed by atoms with Crippen LogP contribution in [0, 0.1) is 0 Å². The Morgan fingerprint density at radius 2 is 1.93 bits per heavy atom. The number of rotatable bonds is 3. The summed E-state index contributed by atoms with van der Waals surface area (Å²) in [6.07, 6.45) is 8.48. The van der Waals surface area contributed by atoms with Crippen LogP contribution >= 0.6 is 0 Å². The molecule has 0 radical (unpaired) electrons. The standard InChI is InChI=1S/C23H27N3O3/c27-19-6-2-5-18(19)24-22-17-12-29-23(9-10-23)11-16(17)20(25-26-22)15-8-7-13-3-1-4-14(13)21(15)28/h7-8,18-19,27-28H,1-6,9-12H2,(H,24,26)/t18-,19+/m1/s1. The van der Waals surface area contributed by atoms with Gasteiger partial charge in [-0.2, -0.15) is 0 Å². The van der Waals surface area contributed by atoms with Gasteiger partial charge in [0.25, 0.3) is 0 Å². The Balaban J connectivity index is 1.45. The van der Waals surface area contributed by atoms with E-state index in [0.717, 1.165) is 91.6 Å². The Bertz CT molecular complexity index is 986. The number of aryl methyl sites for hydroxylation is 1. The second kappa shape index (κ2) is 6.41. The maximum Gasteiger partial charge on any atom is 0.154 e. The van der Waals surface area contributed by atoms with Gasteiger partial charge < -0.3 is 20.3 Å². The molecule has 6 rings (SSSR count). The van der Waals surface area contributed by atoms with Crippen LogP contribution in [0.5, 0.6) is 5.75 Å². The van der Waals surface area contributed by atoms with Crippen molar-refractivity contribution >= 4 is 5.82 Å². The molecule has 3 aliphatic carbocycles. The van der Waals surface area contributed by atoms with Crippen LogP contribution < -0.4 is 5.32 Å². The molecule has 152 valence electrons. The molecule has 6 heteroatoms. The summed E-state index contributed by atoms with van der Waals surface area (Å²) in [5, 5.41) is 33.8. The number of benzene rings is 1. The third kappa shape index (κ3) is 2.84. The molecule has 1 spiro atoms. The van der Waals surface area contributed by atoms with E-state index in [4.69, 9.17) is 4.74 Å². The van der Waals surface area contributed by atoms with Gasteiger partial charge in [0.05, 0.1) is 24.4 Å². The summed E-state index contributed by atoms with van der Waals surface area (Å²) in [4.78, 5) is 0. The number of hydrogen-bond acceptors (Lipinski definition) is 6. The molecule has 6 nitrogen and oxygen atoms in total. The van der Waals surface area contributed by atoms with Crippen LogP contribution in [-0.2, 0) is 30.6 Å². The Morgan fingerprint density at radius 3 is 2.72 bits per heavy atom. The molecule has 4 aliphatic rings. The summed E-state index contributed by atoms with van der Waals surface area (Å²) >= 11 is 0. The fourth-order valence-corrected chi connectivity index (χ4v) is 5.37. The number of phenols is 1. The summed E-state index contributed by atoms with van der Waals surface area (Å²) in [6, 6.07) is 4.16. The maximum atomic E-state index is 11.0. The lowest BCUT2D eigenvalue weighted by atomic mass is 9.92. The molecule has 2 fully saturated rings. The van der Waals surface area contributed by atoms with Gasteiger partial charge in [0, 0.05) is 17.5 Å². The summed E-state index contributed by atoms with van der Waals surface area (Å²) in [5.41, 5.74) is 6.03. The second-order valence-electron chi connectivity index (χ2n) is 9.20. The minimum atomic E-state index is -0.341. The molecule has 0 bridgehead atoms. The van der Waals surface area contributed by atoms with E-state index < -0.39 is 0 Å². The van der Waals surface area contributed by atoms with E-state index in [1.165, 1.54) is 5.56 Å². The number of aliphatic hydroxyl groups excluding tert-OH is 1. The van der Waals surface area contributed by atoms with Gasteiger partial charge in [-0.15, -0.1) is 10.2 Å². The Labute approximate surface area is 170 Å².